The van der Waals surface area contributed by atoms with Gasteiger partial charge in [0, 0.05) is 17.4 Å². The maximum atomic E-state index is 11.9. The van der Waals surface area contributed by atoms with Gasteiger partial charge >= 0.3 is 5.51 Å². The summed E-state index contributed by atoms with van der Waals surface area (Å²) < 4.78 is 41.1. The van der Waals surface area contributed by atoms with Gasteiger partial charge in [-0.25, -0.2) is 0 Å². The van der Waals surface area contributed by atoms with Crippen LogP contribution in [-0.4, -0.2) is 17.9 Å². The average Bonchev–Trinajstić information content (AvgIpc) is 2.24. The normalized spacial score (nSPS) is 13.4. The third-order valence-electron chi connectivity index (χ3n) is 2.26. The van der Waals surface area contributed by atoms with Crippen LogP contribution in [0.3, 0.4) is 0 Å². The zero-order valence-corrected chi connectivity index (χ0v) is 11.1. The van der Waals surface area contributed by atoms with Gasteiger partial charge in [0.25, 0.3) is 0 Å². The molecule has 0 fully saturated rings. The highest BCUT2D eigenvalue weighted by atomic mass is 32.2. The topological polar surface area (TPSA) is 35.2 Å². The summed E-state index contributed by atoms with van der Waals surface area (Å²) in [4.78, 5) is 0. The number of benzene rings is 1. The molecule has 6 heteroatoms. The molecule has 0 amide bonds. The first kappa shape index (κ1) is 15.2. The van der Waals surface area contributed by atoms with Crippen LogP contribution in [0.25, 0.3) is 0 Å². The van der Waals surface area contributed by atoms with Crippen molar-refractivity contribution in [3.8, 4) is 5.75 Å². The number of nitrogens with two attached hydrogens (primary N) is 1. The lowest BCUT2D eigenvalue weighted by molar-refractivity contribution is -0.0329. The van der Waals surface area contributed by atoms with Gasteiger partial charge in [-0.05, 0) is 31.7 Å². The zero-order valence-electron chi connectivity index (χ0n) is 10.3. The summed E-state index contributed by atoms with van der Waals surface area (Å²) in [6.07, 6.45) is 0. The Labute approximate surface area is 109 Å². The molecular weight excluding hydrogens is 263 g/mol. The second-order valence-electron chi connectivity index (χ2n) is 3.97. The van der Waals surface area contributed by atoms with Crippen LogP contribution < -0.4 is 10.5 Å². The van der Waals surface area contributed by atoms with Crippen molar-refractivity contribution in [1.29, 1.82) is 0 Å². The lowest BCUT2D eigenvalue weighted by Gasteiger charge is -2.15. The summed E-state index contributed by atoms with van der Waals surface area (Å²) in [7, 11) is 0. The van der Waals surface area contributed by atoms with Crippen LogP contribution in [0.2, 0.25) is 0 Å². The molecule has 0 unspecified atom stereocenters. The first-order valence-electron chi connectivity index (χ1n) is 5.49. The van der Waals surface area contributed by atoms with Crippen molar-refractivity contribution in [2.75, 3.05) is 12.4 Å². The van der Waals surface area contributed by atoms with Crippen LogP contribution in [0.5, 0.6) is 5.75 Å². The molecule has 0 saturated heterocycles. The molecule has 0 aromatic heterocycles. The van der Waals surface area contributed by atoms with E-state index in [9.17, 15) is 13.2 Å². The zero-order chi connectivity index (χ0) is 13.8. The quantitative estimate of drug-likeness (QED) is 0.836. The molecule has 0 aliphatic heterocycles. The summed E-state index contributed by atoms with van der Waals surface area (Å²) in [5.41, 5.74) is 3.44. The van der Waals surface area contributed by atoms with Crippen molar-refractivity contribution in [2.24, 2.45) is 5.73 Å². The molecule has 2 N–H and O–H groups in total. The third-order valence-corrected chi connectivity index (χ3v) is 2.96. The molecule has 0 aliphatic rings. The molecule has 0 heterocycles. The number of halogens is 3. The Morgan fingerprint density at radius 1 is 1.39 bits per heavy atom. The molecule has 1 aromatic carbocycles. The van der Waals surface area contributed by atoms with Crippen LogP contribution in [-0.2, 0) is 0 Å². The molecule has 0 radical (unpaired) electrons. The minimum absolute atomic E-state index is 0.00690. The summed E-state index contributed by atoms with van der Waals surface area (Å²) >= 11 is -0.0860. The minimum Gasteiger partial charge on any atom is -0.492 e. The standard InChI is InChI=1S/C12H16F3NOS/c1-8-3-4-11(10(7-8)9(2)16)17-5-6-18-12(13,14)15/h3-4,7,9H,5-6,16H2,1-2H3/t9-/m1/s1. The smallest absolute Gasteiger partial charge is 0.441 e. The van der Waals surface area contributed by atoms with Gasteiger partial charge in [0.15, 0.2) is 0 Å². The minimum atomic E-state index is -4.21. The molecule has 0 aliphatic carbocycles. The fourth-order valence-electron chi connectivity index (χ4n) is 1.46. The third kappa shape index (κ3) is 5.18. The monoisotopic (exact) mass is 279 g/mol. The van der Waals surface area contributed by atoms with Gasteiger partial charge in [0.2, 0.25) is 0 Å². The van der Waals surface area contributed by atoms with Crippen LogP contribution in [0.4, 0.5) is 13.2 Å². The van der Waals surface area contributed by atoms with Gasteiger partial charge in [-0.1, -0.05) is 17.7 Å². The molecule has 0 spiro atoms. The van der Waals surface area contributed by atoms with Crippen molar-refractivity contribution in [3.05, 3.63) is 29.3 Å². The van der Waals surface area contributed by atoms with Crippen LogP contribution in [0.15, 0.2) is 18.2 Å². The Morgan fingerprint density at radius 2 is 2.06 bits per heavy atom. The second-order valence-corrected chi connectivity index (χ2v) is 5.13. The number of thioether (sulfide) groups is 1. The highest BCUT2D eigenvalue weighted by molar-refractivity contribution is 8.00. The van der Waals surface area contributed by atoms with E-state index < -0.39 is 5.51 Å². The largest absolute Gasteiger partial charge is 0.492 e. The summed E-state index contributed by atoms with van der Waals surface area (Å²) in [6.45, 7) is 3.74. The van der Waals surface area contributed by atoms with Crippen molar-refractivity contribution in [2.45, 2.75) is 25.4 Å². The molecule has 1 rings (SSSR count). The maximum Gasteiger partial charge on any atom is 0.441 e. The van der Waals surface area contributed by atoms with Crippen LogP contribution in [0, 0.1) is 6.92 Å². The van der Waals surface area contributed by atoms with E-state index >= 15 is 0 Å². The fraction of sp³-hybridized carbons (Fsp3) is 0.500. The van der Waals surface area contributed by atoms with E-state index in [0.717, 1.165) is 11.1 Å². The average molecular weight is 279 g/mol. The van der Waals surface area contributed by atoms with Crippen molar-refractivity contribution in [3.63, 3.8) is 0 Å². The number of rotatable bonds is 5. The number of hydrogen-bond donors (Lipinski definition) is 1. The van der Waals surface area contributed by atoms with E-state index in [1.807, 2.05) is 26.0 Å². The van der Waals surface area contributed by atoms with Crippen molar-refractivity contribution < 1.29 is 17.9 Å². The van der Waals surface area contributed by atoms with E-state index in [1.165, 1.54) is 0 Å². The second kappa shape index (κ2) is 6.33. The number of ether oxygens (including phenoxy) is 1. The van der Waals surface area contributed by atoms with Gasteiger partial charge < -0.3 is 10.5 Å². The predicted octanol–water partition coefficient (Wildman–Crippen LogP) is 3.65. The van der Waals surface area contributed by atoms with Gasteiger partial charge in [-0.15, -0.1) is 0 Å². The number of alkyl halides is 3. The van der Waals surface area contributed by atoms with E-state index in [2.05, 4.69) is 0 Å². The Hall–Kier alpha value is -0.880. The highest BCUT2D eigenvalue weighted by Gasteiger charge is 2.27. The SMILES string of the molecule is Cc1ccc(OCCSC(F)(F)F)c([C@@H](C)N)c1. The molecular formula is C12H16F3NOS. The maximum absolute atomic E-state index is 11.9. The lowest BCUT2D eigenvalue weighted by Crippen LogP contribution is -2.11. The van der Waals surface area contributed by atoms with Crippen molar-refractivity contribution >= 4 is 11.8 Å². The molecule has 0 saturated carbocycles. The summed E-state index contributed by atoms with van der Waals surface area (Å²) in [5, 5.41) is 0. The van der Waals surface area contributed by atoms with E-state index in [-0.39, 0.29) is 30.2 Å². The van der Waals surface area contributed by atoms with Crippen molar-refractivity contribution in [1.82, 2.24) is 0 Å². The first-order valence-corrected chi connectivity index (χ1v) is 6.48. The molecule has 2 nitrogen and oxygen atoms in total. The number of hydrogen-bond acceptors (Lipinski definition) is 3. The molecule has 1 atom stereocenters. The van der Waals surface area contributed by atoms with Gasteiger partial charge in [0.1, 0.15) is 5.75 Å². The summed E-state index contributed by atoms with van der Waals surface area (Å²) in [5.74, 6) is 0.425. The highest BCUT2D eigenvalue weighted by Crippen LogP contribution is 2.30. The van der Waals surface area contributed by atoms with Crippen LogP contribution >= 0.6 is 11.8 Å². The summed E-state index contributed by atoms with van der Waals surface area (Å²) in [6, 6.07) is 5.26. The number of aryl methyl sites for hydroxylation is 1. The van der Waals surface area contributed by atoms with E-state index in [4.69, 9.17) is 10.5 Å². The lowest BCUT2D eigenvalue weighted by atomic mass is 10.1. The van der Waals surface area contributed by atoms with Gasteiger partial charge in [-0.3, -0.25) is 0 Å². The Kier molecular flexibility index (Phi) is 5.34. The first-order chi connectivity index (χ1) is 8.29. The fourth-order valence-corrected chi connectivity index (χ4v) is 1.86. The van der Waals surface area contributed by atoms with E-state index in [0.29, 0.717) is 5.75 Å². The Balaban J connectivity index is 2.57. The van der Waals surface area contributed by atoms with Gasteiger partial charge in [0.05, 0.1) is 6.61 Å². The predicted molar refractivity (Wildman–Crippen MR) is 67.8 cm³/mol. The van der Waals surface area contributed by atoms with E-state index in [1.54, 1.807) is 6.07 Å². The van der Waals surface area contributed by atoms with Crippen LogP contribution in [0.1, 0.15) is 24.1 Å². The molecule has 1 aromatic rings. The Morgan fingerprint density at radius 3 is 2.61 bits per heavy atom. The van der Waals surface area contributed by atoms with Gasteiger partial charge in [-0.2, -0.15) is 13.2 Å². The molecule has 102 valence electrons. The molecule has 0 bridgehead atoms. The molecule has 18 heavy (non-hydrogen) atoms. The Bertz CT molecular complexity index is 393.